The molecule has 0 heterocycles. The van der Waals surface area contributed by atoms with E-state index in [1.54, 1.807) is 68.8 Å². The predicted molar refractivity (Wildman–Crippen MR) is 128 cm³/mol. The molecule has 3 aromatic carbocycles. The fourth-order valence-corrected chi connectivity index (χ4v) is 3.04. The Morgan fingerprint density at radius 1 is 0.676 bits per heavy atom. The maximum atomic E-state index is 12.8. The van der Waals surface area contributed by atoms with Gasteiger partial charge in [-0.2, -0.15) is 0 Å². The highest BCUT2D eigenvalue weighted by atomic mass is 16.5. The molecule has 0 saturated heterocycles. The van der Waals surface area contributed by atoms with Crippen molar-refractivity contribution in [3.8, 4) is 28.7 Å². The number of hydrogen-bond donors (Lipinski definition) is 2. The average Bonchev–Trinajstić information content (AvgIpc) is 2.87. The molecule has 178 valence electrons. The molecule has 9 heteroatoms. The van der Waals surface area contributed by atoms with Gasteiger partial charge in [-0.1, -0.05) is 0 Å². The number of nitrogens with one attached hydrogen (secondary N) is 2. The van der Waals surface area contributed by atoms with Crippen molar-refractivity contribution in [3.05, 3.63) is 66.2 Å². The molecule has 0 saturated carbocycles. The van der Waals surface area contributed by atoms with Crippen molar-refractivity contribution >= 4 is 23.2 Å². The monoisotopic (exact) mass is 466 g/mol. The second-order valence-corrected chi connectivity index (χ2v) is 6.95. The van der Waals surface area contributed by atoms with Crippen molar-refractivity contribution < 1.29 is 33.3 Å². The maximum Gasteiger partial charge on any atom is 0.262 e. The maximum absolute atomic E-state index is 12.8. The fraction of sp³-hybridized carbons (Fsp3) is 0.200. The first-order chi connectivity index (χ1) is 16.5. The highest BCUT2D eigenvalue weighted by molar-refractivity contribution is 6.05. The summed E-state index contributed by atoms with van der Waals surface area (Å²) in [4.78, 5) is 25.0. The van der Waals surface area contributed by atoms with Crippen molar-refractivity contribution in [3.63, 3.8) is 0 Å². The van der Waals surface area contributed by atoms with Crippen molar-refractivity contribution in [2.24, 2.45) is 0 Å². The summed E-state index contributed by atoms with van der Waals surface area (Å²) in [7, 11) is 6.07. The third kappa shape index (κ3) is 6.10. The molecule has 0 bridgehead atoms. The summed E-state index contributed by atoms with van der Waals surface area (Å²) in [5.74, 6) is 1.67. The Kier molecular flexibility index (Phi) is 8.17. The first-order valence-electron chi connectivity index (χ1n) is 10.3. The molecule has 3 rings (SSSR count). The van der Waals surface area contributed by atoms with Crippen LogP contribution < -0.4 is 34.3 Å². The van der Waals surface area contributed by atoms with Crippen LogP contribution in [0.5, 0.6) is 28.7 Å². The van der Waals surface area contributed by atoms with Crippen LogP contribution >= 0.6 is 0 Å². The summed E-state index contributed by atoms with van der Waals surface area (Å²) in [5, 5.41) is 5.53. The molecule has 0 fully saturated rings. The molecule has 0 aromatic heterocycles. The van der Waals surface area contributed by atoms with E-state index < -0.39 is 0 Å². The van der Waals surface area contributed by atoms with Crippen molar-refractivity contribution in [1.29, 1.82) is 0 Å². The van der Waals surface area contributed by atoms with Crippen LogP contribution in [0.3, 0.4) is 0 Å². The summed E-state index contributed by atoms with van der Waals surface area (Å²) < 4.78 is 26.5. The van der Waals surface area contributed by atoms with E-state index in [1.807, 2.05) is 0 Å². The summed E-state index contributed by atoms with van der Waals surface area (Å²) in [6.07, 6.45) is 0. The number of hydrogen-bond acceptors (Lipinski definition) is 7. The Labute approximate surface area is 197 Å². The van der Waals surface area contributed by atoms with Gasteiger partial charge in [0.15, 0.2) is 18.1 Å². The molecule has 2 N–H and O–H groups in total. The number of carbonyl (C=O) groups is 2. The number of benzene rings is 3. The number of anilines is 2. The Hall–Kier alpha value is -4.40. The molecule has 0 aliphatic heterocycles. The van der Waals surface area contributed by atoms with Crippen LogP contribution in [0.2, 0.25) is 0 Å². The third-order valence-corrected chi connectivity index (χ3v) is 4.82. The lowest BCUT2D eigenvalue weighted by Crippen LogP contribution is -2.20. The Morgan fingerprint density at radius 2 is 1.35 bits per heavy atom. The summed E-state index contributed by atoms with van der Waals surface area (Å²) in [5.41, 5.74) is 1.44. The minimum atomic E-state index is -0.370. The van der Waals surface area contributed by atoms with Crippen LogP contribution in [-0.2, 0) is 4.79 Å². The van der Waals surface area contributed by atoms with Crippen LogP contribution in [0.1, 0.15) is 10.4 Å². The average molecular weight is 466 g/mol. The minimum absolute atomic E-state index is 0.239. The van der Waals surface area contributed by atoms with Gasteiger partial charge in [-0.25, -0.2) is 0 Å². The predicted octanol–water partition coefficient (Wildman–Crippen LogP) is 3.99. The molecule has 34 heavy (non-hydrogen) atoms. The summed E-state index contributed by atoms with van der Waals surface area (Å²) in [6, 6.07) is 16.7. The van der Waals surface area contributed by atoms with Gasteiger partial charge in [-0.05, 0) is 54.6 Å². The normalized spacial score (nSPS) is 10.1. The van der Waals surface area contributed by atoms with E-state index >= 15 is 0 Å². The number of carbonyl (C=O) groups excluding carboxylic acids is 2. The van der Waals surface area contributed by atoms with Crippen LogP contribution in [0.25, 0.3) is 0 Å². The molecule has 0 unspecified atom stereocenters. The van der Waals surface area contributed by atoms with E-state index in [0.717, 1.165) is 0 Å². The smallest absolute Gasteiger partial charge is 0.262 e. The quantitative estimate of drug-likeness (QED) is 0.466. The summed E-state index contributed by atoms with van der Waals surface area (Å²) in [6.45, 7) is -0.239. The van der Waals surface area contributed by atoms with Gasteiger partial charge in [0.25, 0.3) is 11.8 Å². The van der Waals surface area contributed by atoms with Crippen molar-refractivity contribution in [2.75, 3.05) is 45.7 Å². The molecule has 3 aromatic rings. The largest absolute Gasteiger partial charge is 0.497 e. The zero-order valence-corrected chi connectivity index (χ0v) is 19.3. The van der Waals surface area contributed by atoms with E-state index in [2.05, 4.69) is 10.6 Å². The van der Waals surface area contributed by atoms with E-state index in [1.165, 1.54) is 20.3 Å². The molecular weight excluding hydrogens is 440 g/mol. The molecule has 0 radical (unpaired) electrons. The number of rotatable bonds is 10. The third-order valence-electron chi connectivity index (χ3n) is 4.82. The number of methoxy groups -OCH3 is 4. The topological polar surface area (TPSA) is 104 Å². The van der Waals surface area contributed by atoms with Gasteiger partial charge in [0.05, 0.1) is 34.1 Å². The Bertz CT molecular complexity index is 1150. The lowest BCUT2D eigenvalue weighted by Gasteiger charge is -2.14. The minimum Gasteiger partial charge on any atom is -0.497 e. The second-order valence-electron chi connectivity index (χ2n) is 6.95. The number of amides is 2. The van der Waals surface area contributed by atoms with Gasteiger partial charge < -0.3 is 34.3 Å². The lowest BCUT2D eigenvalue weighted by molar-refractivity contribution is -0.118. The Morgan fingerprint density at radius 3 is 2.00 bits per heavy atom. The molecule has 2 amide bonds. The molecule has 0 aliphatic carbocycles. The highest BCUT2D eigenvalue weighted by Gasteiger charge is 2.15. The zero-order valence-electron chi connectivity index (χ0n) is 19.3. The van der Waals surface area contributed by atoms with Gasteiger partial charge in [0, 0.05) is 17.3 Å². The van der Waals surface area contributed by atoms with E-state index in [0.29, 0.717) is 45.7 Å². The molecule has 0 spiro atoms. The molecule has 0 atom stereocenters. The molecular formula is C25H26N2O7. The number of ether oxygens (including phenoxy) is 5. The van der Waals surface area contributed by atoms with Gasteiger partial charge in [-0.3, -0.25) is 9.59 Å². The standard InChI is InChI=1S/C25H26N2O7/c1-30-18-8-6-17(7-9-18)26-24(28)15-34-21-12-5-16(13-23(21)33-4)25(29)27-20-11-10-19(31-2)14-22(20)32-3/h5-14H,15H2,1-4H3,(H,26,28)(H,27,29). The molecule has 9 nitrogen and oxygen atoms in total. The van der Waals surface area contributed by atoms with Gasteiger partial charge in [0.1, 0.15) is 17.2 Å². The summed E-state index contributed by atoms with van der Waals surface area (Å²) >= 11 is 0. The van der Waals surface area contributed by atoms with Crippen LogP contribution in [-0.4, -0.2) is 46.9 Å². The first kappa shape index (κ1) is 24.2. The zero-order chi connectivity index (χ0) is 24.5. The van der Waals surface area contributed by atoms with Crippen molar-refractivity contribution in [1.82, 2.24) is 0 Å². The van der Waals surface area contributed by atoms with Crippen LogP contribution in [0.4, 0.5) is 11.4 Å². The van der Waals surface area contributed by atoms with Crippen molar-refractivity contribution in [2.45, 2.75) is 0 Å². The second kappa shape index (κ2) is 11.5. The molecule has 0 aliphatic rings. The van der Waals surface area contributed by atoms with Gasteiger partial charge >= 0.3 is 0 Å². The van der Waals surface area contributed by atoms with Gasteiger partial charge in [-0.15, -0.1) is 0 Å². The van der Waals surface area contributed by atoms with Gasteiger partial charge in [0.2, 0.25) is 0 Å². The van der Waals surface area contributed by atoms with E-state index in [9.17, 15) is 9.59 Å². The van der Waals surface area contributed by atoms with Crippen LogP contribution in [0, 0.1) is 0 Å². The highest BCUT2D eigenvalue weighted by Crippen LogP contribution is 2.31. The SMILES string of the molecule is COc1ccc(NC(=O)COc2ccc(C(=O)Nc3ccc(OC)cc3OC)cc2OC)cc1. The fourth-order valence-electron chi connectivity index (χ4n) is 3.04. The lowest BCUT2D eigenvalue weighted by atomic mass is 10.1. The van der Waals surface area contributed by atoms with E-state index in [-0.39, 0.29) is 18.4 Å². The van der Waals surface area contributed by atoms with Crippen LogP contribution in [0.15, 0.2) is 60.7 Å². The Balaban J connectivity index is 1.64. The first-order valence-corrected chi connectivity index (χ1v) is 10.3. The van der Waals surface area contributed by atoms with E-state index in [4.69, 9.17) is 23.7 Å².